The van der Waals surface area contributed by atoms with Crippen LogP contribution < -0.4 is 0 Å². The van der Waals surface area contributed by atoms with Crippen molar-refractivity contribution in [1.82, 2.24) is 0 Å². The third-order valence-corrected chi connectivity index (χ3v) is 5.95. The van der Waals surface area contributed by atoms with Gasteiger partial charge in [0.25, 0.3) is 0 Å². The fourth-order valence-electron chi connectivity index (χ4n) is 5.43. The van der Waals surface area contributed by atoms with Gasteiger partial charge in [0, 0.05) is 11.0 Å². The monoisotopic (exact) mass is 272 g/mol. The maximum Gasteiger partial charge on any atom is 0.169 e. The summed E-state index contributed by atoms with van der Waals surface area (Å²) in [5.74, 6) is 2.22. The molecule has 0 N–H and O–H groups in total. The van der Waals surface area contributed by atoms with Gasteiger partial charge in [0.05, 0.1) is 0 Å². The van der Waals surface area contributed by atoms with Gasteiger partial charge in [0.2, 0.25) is 0 Å². The highest BCUT2D eigenvalue weighted by molar-refractivity contribution is 6.00. The molecule has 0 unspecified atom stereocenters. The van der Waals surface area contributed by atoms with E-state index in [4.69, 9.17) is 0 Å². The van der Waals surface area contributed by atoms with Gasteiger partial charge in [-0.15, -0.1) is 0 Å². The number of ketones is 1. The second kappa shape index (κ2) is 4.16. The first-order valence-electron chi connectivity index (χ1n) is 7.87. The van der Waals surface area contributed by atoms with Crippen LogP contribution in [-0.4, -0.2) is 5.78 Å². The highest BCUT2D eigenvalue weighted by Gasteiger charge is 2.54. The van der Waals surface area contributed by atoms with E-state index in [1.165, 1.54) is 25.3 Å². The summed E-state index contributed by atoms with van der Waals surface area (Å²) < 4.78 is 13.8. The summed E-state index contributed by atoms with van der Waals surface area (Å²) in [5.41, 5.74) is 1.05. The van der Waals surface area contributed by atoms with Crippen LogP contribution in [0.15, 0.2) is 18.2 Å². The largest absolute Gasteiger partial charge is 0.294 e. The molecule has 0 saturated heterocycles. The zero-order valence-corrected chi connectivity index (χ0v) is 12.0. The van der Waals surface area contributed by atoms with Crippen molar-refractivity contribution >= 4 is 5.78 Å². The average molecular weight is 272 g/mol. The maximum atomic E-state index is 13.8. The fraction of sp³-hybridized carbons (Fsp3) is 0.611. The van der Waals surface area contributed by atoms with Crippen molar-refractivity contribution in [3.63, 3.8) is 0 Å². The van der Waals surface area contributed by atoms with Crippen molar-refractivity contribution in [3.05, 3.63) is 35.1 Å². The average Bonchev–Trinajstić information content (AvgIpc) is 2.39. The van der Waals surface area contributed by atoms with Crippen molar-refractivity contribution in [3.8, 4) is 0 Å². The van der Waals surface area contributed by atoms with Gasteiger partial charge < -0.3 is 0 Å². The van der Waals surface area contributed by atoms with E-state index in [1.54, 1.807) is 13.0 Å². The molecule has 106 valence electrons. The topological polar surface area (TPSA) is 17.1 Å². The molecule has 4 fully saturated rings. The molecule has 0 aromatic heterocycles. The Kier molecular flexibility index (Phi) is 2.61. The smallest absolute Gasteiger partial charge is 0.169 e. The van der Waals surface area contributed by atoms with E-state index in [0.29, 0.717) is 11.1 Å². The van der Waals surface area contributed by atoms with Gasteiger partial charge in [-0.3, -0.25) is 4.79 Å². The van der Waals surface area contributed by atoms with E-state index in [9.17, 15) is 9.18 Å². The zero-order valence-electron chi connectivity index (χ0n) is 12.0. The predicted molar refractivity (Wildman–Crippen MR) is 76.1 cm³/mol. The molecular weight excluding hydrogens is 251 g/mol. The van der Waals surface area contributed by atoms with Gasteiger partial charge >= 0.3 is 0 Å². The van der Waals surface area contributed by atoms with Gasteiger partial charge in [0.15, 0.2) is 5.78 Å². The molecule has 20 heavy (non-hydrogen) atoms. The summed E-state index contributed by atoms with van der Waals surface area (Å²) >= 11 is 0. The molecule has 4 aliphatic rings. The Morgan fingerprint density at radius 2 is 1.65 bits per heavy atom. The standard InChI is InChI=1S/C18H21FO/c1-11-2-3-15(7-16(11)19)17(20)18-8-12-4-13(9-18)6-14(5-12)10-18/h2-3,7,12-14H,4-6,8-10H2,1H3. The quantitative estimate of drug-likeness (QED) is 0.723. The lowest BCUT2D eigenvalue weighted by Gasteiger charge is -2.56. The number of rotatable bonds is 2. The Hall–Kier alpha value is -1.18. The summed E-state index contributed by atoms with van der Waals surface area (Å²) in [5, 5.41) is 0. The van der Waals surface area contributed by atoms with Crippen molar-refractivity contribution in [2.75, 3.05) is 0 Å². The van der Waals surface area contributed by atoms with Crippen LogP contribution in [0.1, 0.15) is 54.4 Å². The molecule has 1 aromatic rings. The van der Waals surface area contributed by atoms with Crippen molar-refractivity contribution in [2.24, 2.45) is 23.2 Å². The summed E-state index contributed by atoms with van der Waals surface area (Å²) in [6.45, 7) is 1.74. The van der Waals surface area contributed by atoms with E-state index in [1.807, 2.05) is 6.07 Å². The summed E-state index contributed by atoms with van der Waals surface area (Å²) in [6.07, 6.45) is 7.13. The number of aryl methyl sites for hydroxylation is 1. The van der Waals surface area contributed by atoms with Crippen molar-refractivity contribution in [1.29, 1.82) is 0 Å². The molecule has 1 aromatic carbocycles. The van der Waals surface area contributed by atoms with Crippen LogP contribution in [0.3, 0.4) is 0 Å². The van der Waals surface area contributed by atoms with E-state index < -0.39 is 0 Å². The third kappa shape index (κ3) is 1.77. The van der Waals surface area contributed by atoms with Crippen LogP contribution in [0.5, 0.6) is 0 Å². The highest BCUT2D eigenvalue weighted by atomic mass is 19.1. The highest BCUT2D eigenvalue weighted by Crippen LogP contribution is 2.60. The first-order chi connectivity index (χ1) is 9.56. The first-order valence-corrected chi connectivity index (χ1v) is 7.87. The van der Waals surface area contributed by atoms with Crippen LogP contribution in [0, 0.1) is 35.9 Å². The van der Waals surface area contributed by atoms with Crippen LogP contribution in [0.25, 0.3) is 0 Å². The minimum Gasteiger partial charge on any atom is -0.294 e. The number of Topliss-reactive ketones (excluding diaryl/α,β-unsaturated/α-hetero) is 1. The second-order valence-corrected chi connectivity index (χ2v) is 7.49. The Morgan fingerprint density at radius 1 is 1.10 bits per heavy atom. The molecule has 0 spiro atoms. The number of carbonyl (C=O) groups excluding carboxylic acids is 1. The Balaban J connectivity index is 1.69. The number of hydrogen-bond donors (Lipinski definition) is 0. The van der Waals surface area contributed by atoms with Gasteiger partial charge in [0.1, 0.15) is 5.82 Å². The van der Waals surface area contributed by atoms with Crippen LogP contribution >= 0.6 is 0 Å². The Labute approximate surface area is 119 Å². The molecule has 4 saturated carbocycles. The molecule has 0 aliphatic heterocycles. The molecule has 0 heterocycles. The number of carbonyl (C=O) groups is 1. The van der Waals surface area contributed by atoms with Crippen LogP contribution in [0.2, 0.25) is 0 Å². The predicted octanol–water partition coefficient (Wildman–Crippen LogP) is 4.53. The summed E-state index contributed by atoms with van der Waals surface area (Å²) in [6, 6.07) is 5.01. The zero-order chi connectivity index (χ0) is 13.9. The lowest BCUT2D eigenvalue weighted by molar-refractivity contribution is -0.0353. The van der Waals surface area contributed by atoms with E-state index in [-0.39, 0.29) is 17.0 Å². The lowest BCUT2D eigenvalue weighted by Crippen LogP contribution is -2.50. The van der Waals surface area contributed by atoms with Crippen LogP contribution in [0.4, 0.5) is 4.39 Å². The molecule has 0 amide bonds. The first kappa shape index (κ1) is 12.6. The van der Waals surface area contributed by atoms with E-state index in [2.05, 4.69) is 0 Å². The van der Waals surface area contributed by atoms with Crippen molar-refractivity contribution in [2.45, 2.75) is 45.4 Å². The molecule has 0 radical (unpaired) electrons. The van der Waals surface area contributed by atoms with E-state index >= 15 is 0 Å². The number of benzene rings is 1. The molecule has 4 aliphatic carbocycles. The Bertz CT molecular complexity index is 539. The SMILES string of the molecule is Cc1ccc(C(=O)C23CC4CC(CC(C4)C2)C3)cc1F. The second-order valence-electron chi connectivity index (χ2n) is 7.49. The van der Waals surface area contributed by atoms with Gasteiger partial charge in [-0.05, 0) is 74.8 Å². The molecule has 4 bridgehead atoms. The third-order valence-electron chi connectivity index (χ3n) is 5.95. The van der Waals surface area contributed by atoms with Crippen molar-refractivity contribution < 1.29 is 9.18 Å². The summed E-state index contributed by atoms with van der Waals surface area (Å²) in [7, 11) is 0. The maximum absolute atomic E-state index is 13.8. The minimum absolute atomic E-state index is 0.156. The molecule has 1 nitrogen and oxygen atoms in total. The number of hydrogen-bond acceptors (Lipinski definition) is 1. The molecular formula is C18H21FO. The Morgan fingerprint density at radius 3 is 2.15 bits per heavy atom. The number of halogens is 1. The molecule has 0 atom stereocenters. The van der Waals surface area contributed by atoms with Crippen LogP contribution in [-0.2, 0) is 0 Å². The van der Waals surface area contributed by atoms with Gasteiger partial charge in [-0.25, -0.2) is 4.39 Å². The van der Waals surface area contributed by atoms with Gasteiger partial charge in [-0.1, -0.05) is 12.1 Å². The van der Waals surface area contributed by atoms with E-state index in [0.717, 1.165) is 37.0 Å². The van der Waals surface area contributed by atoms with Gasteiger partial charge in [-0.2, -0.15) is 0 Å². The fourth-order valence-corrected chi connectivity index (χ4v) is 5.43. The normalized spacial score (nSPS) is 38.2. The summed E-state index contributed by atoms with van der Waals surface area (Å²) in [4.78, 5) is 13.0. The molecule has 5 rings (SSSR count). The minimum atomic E-state index is -0.249. The lowest BCUT2D eigenvalue weighted by atomic mass is 9.48. The molecule has 2 heteroatoms.